The van der Waals surface area contributed by atoms with E-state index >= 15 is 0 Å². The topological polar surface area (TPSA) is 79.8 Å². The average Bonchev–Trinajstić information content (AvgIpc) is 2.57. The zero-order chi connectivity index (χ0) is 16.1. The maximum Gasteiger partial charge on any atom is 0.258 e. The Bertz CT molecular complexity index is 808. The number of rotatable bonds is 4. The summed E-state index contributed by atoms with van der Waals surface area (Å²) in [6, 6.07) is 12.6. The van der Waals surface area contributed by atoms with Crippen molar-refractivity contribution in [2.45, 2.75) is 0 Å². The molecule has 0 aliphatic carbocycles. The lowest BCUT2D eigenvalue weighted by molar-refractivity contribution is 0.102. The number of amides is 1. The second-order valence-corrected chi connectivity index (χ2v) is 4.63. The summed E-state index contributed by atoms with van der Waals surface area (Å²) in [5.41, 5.74) is 0.989. The van der Waals surface area contributed by atoms with E-state index in [0.29, 0.717) is 22.9 Å². The molecule has 0 spiro atoms. The van der Waals surface area contributed by atoms with Gasteiger partial charge in [-0.3, -0.25) is 9.78 Å². The van der Waals surface area contributed by atoms with Crippen molar-refractivity contribution in [3.05, 3.63) is 72.3 Å². The zero-order valence-electron chi connectivity index (χ0n) is 11.9. The Morgan fingerprint density at radius 3 is 2.52 bits per heavy atom. The molecule has 0 unspecified atom stereocenters. The van der Waals surface area contributed by atoms with Crippen molar-refractivity contribution in [1.29, 1.82) is 0 Å². The molecular weight excluding hydrogens is 297 g/mol. The Hall–Kier alpha value is -3.35. The van der Waals surface area contributed by atoms with Crippen LogP contribution >= 0.6 is 0 Å². The number of hydrogen-bond donors (Lipinski definition) is 2. The minimum absolute atomic E-state index is 0.309. The number of nitrogens with one attached hydrogen (secondary N) is 2. The third-order valence-corrected chi connectivity index (χ3v) is 2.93. The van der Waals surface area contributed by atoms with Crippen LogP contribution in [0.3, 0.4) is 0 Å². The van der Waals surface area contributed by atoms with Crippen LogP contribution in [0.2, 0.25) is 0 Å². The quantitative estimate of drug-likeness (QED) is 0.774. The van der Waals surface area contributed by atoms with Crippen LogP contribution in [0.5, 0.6) is 0 Å². The molecule has 2 N–H and O–H groups in total. The highest BCUT2D eigenvalue weighted by Gasteiger charge is 2.07. The molecule has 3 aromatic rings. The van der Waals surface area contributed by atoms with Gasteiger partial charge in [0.15, 0.2) is 11.6 Å². The van der Waals surface area contributed by atoms with Gasteiger partial charge in [-0.05, 0) is 42.5 Å². The van der Waals surface area contributed by atoms with E-state index in [2.05, 4.69) is 25.8 Å². The van der Waals surface area contributed by atoms with Crippen LogP contribution in [0.15, 0.2) is 60.9 Å². The number of carbonyl (C=O) groups excluding carboxylic acids is 1. The summed E-state index contributed by atoms with van der Waals surface area (Å²) in [4.78, 5) is 15.8. The first-order valence-electron chi connectivity index (χ1n) is 6.78. The fourth-order valence-electron chi connectivity index (χ4n) is 1.87. The summed E-state index contributed by atoms with van der Waals surface area (Å²) in [5.74, 6) is 0.0835. The number of benzene rings is 1. The highest BCUT2D eigenvalue weighted by Crippen LogP contribution is 2.15. The van der Waals surface area contributed by atoms with Gasteiger partial charge in [-0.1, -0.05) is 6.07 Å². The second kappa shape index (κ2) is 6.61. The van der Waals surface area contributed by atoms with Gasteiger partial charge in [0.05, 0.1) is 5.56 Å². The van der Waals surface area contributed by atoms with Crippen molar-refractivity contribution in [1.82, 2.24) is 15.2 Å². The third kappa shape index (κ3) is 3.85. The normalized spacial score (nSPS) is 10.1. The predicted octanol–water partition coefficient (Wildman–Crippen LogP) is 3.01. The molecule has 3 rings (SSSR count). The van der Waals surface area contributed by atoms with E-state index in [0.717, 1.165) is 0 Å². The lowest BCUT2D eigenvalue weighted by Crippen LogP contribution is -2.13. The Balaban J connectivity index is 1.66. The van der Waals surface area contributed by atoms with Gasteiger partial charge in [0, 0.05) is 18.1 Å². The highest BCUT2D eigenvalue weighted by molar-refractivity contribution is 6.03. The van der Waals surface area contributed by atoms with Crippen LogP contribution in [0.4, 0.5) is 21.7 Å². The van der Waals surface area contributed by atoms with Gasteiger partial charge in [0.2, 0.25) is 0 Å². The lowest BCUT2D eigenvalue weighted by atomic mass is 10.3. The molecule has 0 bridgehead atoms. The number of pyridine rings is 1. The molecule has 1 aromatic carbocycles. The van der Waals surface area contributed by atoms with Crippen LogP contribution in [-0.4, -0.2) is 21.1 Å². The van der Waals surface area contributed by atoms with Crippen LogP contribution in [0.1, 0.15) is 10.4 Å². The monoisotopic (exact) mass is 309 g/mol. The summed E-state index contributed by atoms with van der Waals surface area (Å²) in [5, 5.41) is 13.4. The molecule has 2 aromatic heterocycles. The maximum absolute atomic E-state index is 13.1. The number of aromatic nitrogens is 3. The SMILES string of the molecule is O=C(Nc1ccc(Nc2cccc(F)c2)nn1)c1cccnc1. The summed E-state index contributed by atoms with van der Waals surface area (Å²) in [7, 11) is 0. The first kappa shape index (κ1) is 14.6. The van der Waals surface area contributed by atoms with Crippen molar-refractivity contribution >= 4 is 23.2 Å². The number of nitrogens with zero attached hydrogens (tertiary/aromatic N) is 3. The van der Waals surface area contributed by atoms with Gasteiger partial charge in [-0.25, -0.2) is 4.39 Å². The minimum Gasteiger partial charge on any atom is -0.339 e. The second-order valence-electron chi connectivity index (χ2n) is 4.63. The first-order valence-corrected chi connectivity index (χ1v) is 6.78. The van der Waals surface area contributed by atoms with Crippen molar-refractivity contribution in [2.75, 3.05) is 10.6 Å². The largest absolute Gasteiger partial charge is 0.339 e. The first-order chi connectivity index (χ1) is 11.2. The van der Waals surface area contributed by atoms with Crippen molar-refractivity contribution in [3.63, 3.8) is 0 Å². The third-order valence-electron chi connectivity index (χ3n) is 2.93. The van der Waals surface area contributed by atoms with Gasteiger partial charge in [-0.15, -0.1) is 10.2 Å². The van der Waals surface area contributed by atoms with E-state index in [-0.39, 0.29) is 11.7 Å². The van der Waals surface area contributed by atoms with Crippen LogP contribution in [0, 0.1) is 5.82 Å². The van der Waals surface area contributed by atoms with Crippen LogP contribution in [0.25, 0.3) is 0 Å². The van der Waals surface area contributed by atoms with Crippen LogP contribution < -0.4 is 10.6 Å². The summed E-state index contributed by atoms with van der Waals surface area (Å²) in [6.45, 7) is 0. The fourth-order valence-corrected chi connectivity index (χ4v) is 1.87. The molecule has 2 heterocycles. The van der Waals surface area contributed by atoms with E-state index in [1.165, 1.54) is 18.3 Å². The molecule has 0 aliphatic heterocycles. The molecule has 0 atom stereocenters. The van der Waals surface area contributed by atoms with Crippen molar-refractivity contribution < 1.29 is 9.18 Å². The van der Waals surface area contributed by atoms with E-state index in [4.69, 9.17) is 0 Å². The van der Waals surface area contributed by atoms with Gasteiger partial charge in [0.25, 0.3) is 5.91 Å². The molecule has 7 heteroatoms. The summed E-state index contributed by atoms with van der Waals surface area (Å²) >= 11 is 0. The Labute approximate surface area is 131 Å². The molecular formula is C16H12FN5O. The van der Waals surface area contributed by atoms with E-state index in [1.54, 1.807) is 42.6 Å². The number of carbonyl (C=O) groups is 1. The minimum atomic E-state index is -0.344. The fraction of sp³-hybridized carbons (Fsp3) is 0. The van der Waals surface area contributed by atoms with Gasteiger partial charge in [0.1, 0.15) is 5.82 Å². The summed E-state index contributed by atoms with van der Waals surface area (Å²) < 4.78 is 13.1. The smallest absolute Gasteiger partial charge is 0.258 e. The Morgan fingerprint density at radius 1 is 1.00 bits per heavy atom. The van der Waals surface area contributed by atoms with E-state index in [9.17, 15) is 9.18 Å². The molecule has 0 fully saturated rings. The number of hydrogen-bond acceptors (Lipinski definition) is 5. The number of anilines is 3. The van der Waals surface area contributed by atoms with Gasteiger partial charge < -0.3 is 10.6 Å². The molecule has 6 nitrogen and oxygen atoms in total. The summed E-state index contributed by atoms with van der Waals surface area (Å²) in [6.07, 6.45) is 3.05. The molecule has 0 saturated heterocycles. The van der Waals surface area contributed by atoms with Crippen molar-refractivity contribution in [2.24, 2.45) is 0 Å². The predicted molar refractivity (Wildman–Crippen MR) is 83.9 cm³/mol. The Morgan fingerprint density at radius 2 is 1.83 bits per heavy atom. The number of halogens is 1. The maximum atomic E-state index is 13.1. The molecule has 0 aliphatic rings. The van der Waals surface area contributed by atoms with E-state index in [1.807, 2.05) is 0 Å². The van der Waals surface area contributed by atoms with Crippen molar-refractivity contribution in [3.8, 4) is 0 Å². The zero-order valence-corrected chi connectivity index (χ0v) is 11.9. The molecule has 0 radical (unpaired) electrons. The molecule has 0 saturated carbocycles. The van der Waals surface area contributed by atoms with E-state index < -0.39 is 0 Å². The average molecular weight is 309 g/mol. The molecule has 1 amide bonds. The molecule has 114 valence electrons. The Kier molecular flexibility index (Phi) is 4.19. The van der Waals surface area contributed by atoms with Gasteiger partial charge in [-0.2, -0.15) is 0 Å². The van der Waals surface area contributed by atoms with Crippen LogP contribution in [-0.2, 0) is 0 Å². The lowest BCUT2D eigenvalue weighted by Gasteiger charge is -2.06. The standard InChI is InChI=1S/C16H12FN5O/c17-12-4-1-5-13(9-12)19-14-6-7-15(22-21-14)20-16(23)11-3-2-8-18-10-11/h1-10H,(H,19,21)(H,20,22,23). The highest BCUT2D eigenvalue weighted by atomic mass is 19.1. The molecule has 23 heavy (non-hydrogen) atoms. The van der Waals surface area contributed by atoms with Gasteiger partial charge >= 0.3 is 0 Å².